The Morgan fingerprint density at radius 3 is 2.26 bits per heavy atom. The van der Waals surface area contributed by atoms with Gasteiger partial charge in [0.2, 0.25) is 0 Å². The molecule has 0 spiro atoms. The molecule has 1 aliphatic rings. The molecule has 0 unspecified atom stereocenters. The predicted octanol–water partition coefficient (Wildman–Crippen LogP) is 4.42. The maximum absolute atomic E-state index is 11.6. The summed E-state index contributed by atoms with van der Waals surface area (Å²) in [6.07, 6.45) is 3.56. The number of aromatic nitrogens is 1. The predicted molar refractivity (Wildman–Crippen MR) is 92.0 cm³/mol. The van der Waals surface area contributed by atoms with Gasteiger partial charge in [-0.05, 0) is 42.0 Å². The van der Waals surface area contributed by atoms with Crippen molar-refractivity contribution in [2.75, 3.05) is 7.11 Å². The van der Waals surface area contributed by atoms with Crippen molar-refractivity contribution in [3.05, 3.63) is 76.2 Å². The molecule has 0 saturated carbocycles. The SMILES string of the molecule is COC(=O)c1ccc(/C(=C2\C=CC(Cl)=N2)c2ccc(Cl)[nH]2)cc1. The number of ether oxygens (including phenoxy) is 1. The number of esters is 1. The van der Waals surface area contributed by atoms with Gasteiger partial charge in [0.25, 0.3) is 0 Å². The molecular formula is C17H12Cl2N2O2. The zero-order valence-electron chi connectivity index (χ0n) is 12.1. The highest BCUT2D eigenvalue weighted by molar-refractivity contribution is 6.69. The summed E-state index contributed by atoms with van der Waals surface area (Å²) in [7, 11) is 1.35. The van der Waals surface area contributed by atoms with Crippen LogP contribution in [0.3, 0.4) is 0 Å². The third-order valence-corrected chi connectivity index (χ3v) is 3.81. The summed E-state index contributed by atoms with van der Waals surface area (Å²) >= 11 is 11.9. The fourth-order valence-electron chi connectivity index (χ4n) is 2.32. The number of allylic oxidation sites excluding steroid dienone is 2. The molecule has 1 aromatic heterocycles. The lowest BCUT2D eigenvalue weighted by molar-refractivity contribution is 0.0600. The van der Waals surface area contributed by atoms with Gasteiger partial charge >= 0.3 is 5.97 Å². The van der Waals surface area contributed by atoms with Gasteiger partial charge in [-0.25, -0.2) is 9.79 Å². The molecule has 0 atom stereocenters. The number of nitrogens with one attached hydrogen (secondary N) is 1. The van der Waals surface area contributed by atoms with E-state index in [1.54, 1.807) is 24.3 Å². The van der Waals surface area contributed by atoms with Crippen molar-refractivity contribution < 1.29 is 9.53 Å². The highest BCUT2D eigenvalue weighted by Crippen LogP contribution is 2.31. The van der Waals surface area contributed by atoms with Gasteiger partial charge in [-0.1, -0.05) is 35.3 Å². The zero-order valence-corrected chi connectivity index (χ0v) is 13.7. The van der Waals surface area contributed by atoms with Crippen molar-refractivity contribution in [2.45, 2.75) is 0 Å². The Morgan fingerprint density at radius 2 is 1.74 bits per heavy atom. The normalized spacial score (nSPS) is 15.5. The maximum Gasteiger partial charge on any atom is 0.337 e. The van der Waals surface area contributed by atoms with E-state index in [4.69, 9.17) is 27.9 Å². The van der Waals surface area contributed by atoms with Crippen LogP contribution in [0.15, 0.2) is 59.2 Å². The number of methoxy groups -OCH3 is 1. The summed E-state index contributed by atoms with van der Waals surface area (Å²) < 4.78 is 4.71. The highest BCUT2D eigenvalue weighted by atomic mass is 35.5. The van der Waals surface area contributed by atoms with Gasteiger partial charge in [-0.15, -0.1) is 0 Å². The Hall–Kier alpha value is -2.30. The van der Waals surface area contributed by atoms with Crippen molar-refractivity contribution in [2.24, 2.45) is 4.99 Å². The Morgan fingerprint density at radius 1 is 1.04 bits per heavy atom. The third-order valence-electron chi connectivity index (χ3n) is 3.38. The first-order valence-corrected chi connectivity index (χ1v) is 7.54. The largest absolute Gasteiger partial charge is 0.465 e. The molecule has 0 aliphatic carbocycles. The number of halogens is 2. The fourth-order valence-corrected chi connectivity index (χ4v) is 2.64. The summed E-state index contributed by atoms with van der Waals surface area (Å²) in [6.45, 7) is 0. The number of nitrogens with zero attached hydrogens (tertiary/aromatic N) is 1. The Labute approximate surface area is 143 Å². The fraction of sp³-hybridized carbons (Fsp3) is 0.0588. The number of carbonyl (C=O) groups excluding carboxylic acids is 1. The van der Waals surface area contributed by atoms with E-state index in [1.807, 2.05) is 24.3 Å². The van der Waals surface area contributed by atoms with Gasteiger partial charge in [0.05, 0.1) is 18.4 Å². The molecule has 116 valence electrons. The van der Waals surface area contributed by atoms with Crippen LogP contribution in [0.25, 0.3) is 5.57 Å². The lowest BCUT2D eigenvalue weighted by atomic mass is 9.99. The van der Waals surface area contributed by atoms with Crippen LogP contribution >= 0.6 is 23.2 Å². The molecule has 2 heterocycles. The second-order valence-corrected chi connectivity index (χ2v) is 5.61. The van der Waals surface area contributed by atoms with E-state index in [1.165, 1.54) is 7.11 Å². The van der Waals surface area contributed by atoms with E-state index in [9.17, 15) is 4.79 Å². The number of aromatic amines is 1. The molecular weight excluding hydrogens is 335 g/mol. The first-order chi connectivity index (χ1) is 11.1. The lowest BCUT2D eigenvalue weighted by Gasteiger charge is -2.09. The minimum Gasteiger partial charge on any atom is -0.465 e. The Kier molecular flexibility index (Phi) is 4.37. The first-order valence-electron chi connectivity index (χ1n) is 6.78. The Balaban J connectivity index is 2.10. The summed E-state index contributed by atoms with van der Waals surface area (Å²) in [5.41, 5.74) is 3.75. The van der Waals surface area contributed by atoms with Crippen molar-refractivity contribution in [3.8, 4) is 0 Å². The minimum absolute atomic E-state index is 0.379. The molecule has 23 heavy (non-hydrogen) atoms. The average molecular weight is 347 g/mol. The van der Waals surface area contributed by atoms with E-state index in [0.717, 1.165) is 22.5 Å². The molecule has 2 aromatic rings. The van der Waals surface area contributed by atoms with Gasteiger partial charge in [0.15, 0.2) is 0 Å². The second kappa shape index (κ2) is 6.44. The summed E-state index contributed by atoms with van der Waals surface area (Å²) in [5, 5.41) is 0.947. The monoisotopic (exact) mass is 346 g/mol. The molecule has 0 saturated heterocycles. The van der Waals surface area contributed by atoms with E-state index < -0.39 is 0 Å². The number of rotatable bonds is 3. The first kappa shape index (κ1) is 15.6. The molecule has 0 fully saturated rings. The standard InChI is InChI=1S/C17H12Cl2N2O2/c1-23-17(22)11-4-2-10(3-5-11)16(12-6-8-14(18)20-12)13-7-9-15(19)21-13/h2-9,20H,1H3/b16-13-. The molecule has 0 amide bonds. The second-order valence-electron chi connectivity index (χ2n) is 4.82. The van der Waals surface area contributed by atoms with Crippen molar-refractivity contribution in [1.29, 1.82) is 0 Å². The van der Waals surface area contributed by atoms with E-state index in [-0.39, 0.29) is 5.97 Å². The third kappa shape index (κ3) is 3.23. The molecule has 6 heteroatoms. The number of carbonyl (C=O) groups is 1. The number of H-pyrrole nitrogens is 1. The summed E-state index contributed by atoms with van der Waals surface area (Å²) in [5.74, 6) is -0.379. The minimum atomic E-state index is -0.379. The van der Waals surface area contributed by atoms with Crippen molar-refractivity contribution in [1.82, 2.24) is 4.98 Å². The lowest BCUT2D eigenvalue weighted by Crippen LogP contribution is -2.01. The Bertz CT molecular complexity index is 846. The van der Waals surface area contributed by atoms with Crippen molar-refractivity contribution in [3.63, 3.8) is 0 Å². The van der Waals surface area contributed by atoms with Crippen LogP contribution in [0.4, 0.5) is 0 Å². The summed E-state index contributed by atoms with van der Waals surface area (Å²) in [4.78, 5) is 19.0. The number of benzene rings is 1. The van der Waals surface area contributed by atoms with Crippen LogP contribution < -0.4 is 0 Å². The number of hydrogen-bond donors (Lipinski definition) is 1. The van der Waals surface area contributed by atoms with E-state index in [0.29, 0.717) is 15.9 Å². The molecule has 0 bridgehead atoms. The van der Waals surface area contributed by atoms with Crippen LogP contribution in [-0.2, 0) is 4.74 Å². The zero-order chi connectivity index (χ0) is 16.4. The van der Waals surface area contributed by atoms with E-state index in [2.05, 4.69) is 9.98 Å². The van der Waals surface area contributed by atoms with Gasteiger partial charge in [0.1, 0.15) is 10.3 Å². The van der Waals surface area contributed by atoms with Crippen LogP contribution in [0.2, 0.25) is 5.15 Å². The average Bonchev–Trinajstić information content (AvgIpc) is 3.17. The van der Waals surface area contributed by atoms with E-state index >= 15 is 0 Å². The quantitative estimate of drug-likeness (QED) is 0.836. The van der Waals surface area contributed by atoms with Gasteiger partial charge < -0.3 is 9.72 Å². The molecule has 4 nitrogen and oxygen atoms in total. The highest BCUT2D eigenvalue weighted by Gasteiger charge is 2.16. The number of hydrogen-bond acceptors (Lipinski definition) is 3. The maximum atomic E-state index is 11.6. The van der Waals surface area contributed by atoms with Gasteiger partial charge in [-0.3, -0.25) is 0 Å². The number of aliphatic imine (C=N–C) groups is 1. The van der Waals surface area contributed by atoms with Gasteiger partial charge in [0, 0.05) is 11.3 Å². The topological polar surface area (TPSA) is 54.4 Å². The van der Waals surface area contributed by atoms with Crippen molar-refractivity contribution >= 4 is 39.9 Å². The van der Waals surface area contributed by atoms with Crippen LogP contribution in [0, 0.1) is 0 Å². The van der Waals surface area contributed by atoms with Gasteiger partial charge in [-0.2, -0.15) is 0 Å². The van der Waals surface area contributed by atoms with Crippen LogP contribution in [0.5, 0.6) is 0 Å². The molecule has 1 aromatic carbocycles. The molecule has 1 N–H and O–H groups in total. The molecule has 3 rings (SSSR count). The molecule has 1 aliphatic heterocycles. The summed E-state index contributed by atoms with van der Waals surface area (Å²) in [6, 6.07) is 10.7. The molecule has 0 radical (unpaired) electrons. The smallest absolute Gasteiger partial charge is 0.337 e. The van der Waals surface area contributed by atoms with Crippen LogP contribution in [-0.4, -0.2) is 23.2 Å². The van der Waals surface area contributed by atoms with Crippen LogP contribution in [0.1, 0.15) is 21.6 Å².